The predicted molar refractivity (Wildman–Crippen MR) is 117 cm³/mol. The first-order valence-corrected chi connectivity index (χ1v) is 12.2. The molecule has 30 heavy (non-hydrogen) atoms. The Hall–Kier alpha value is -2.50. The van der Waals surface area contributed by atoms with E-state index in [1.54, 1.807) is 29.6 Å². The molecule has 0 bridgehead atoms. The molecule has 0 aliphatic heterocycles. The number of benzene rings is 2. The van der Waals surface area contributed by atoms with Crippen LogP contribution >= 0.6 is 23.1 Å². The molecular weight excluding hydrogens is 452 g/mol. The number of halogens is 2. The maximum absolute atomic E-state index is 13.2. The lowest BCUT2D eigenvalue weighted by Crippen LogP contribution is -2.24. The van der Waals surface area contributed by atoms with E-state index in [2.05, 4.69) is 10.3 Å². The molecule has 0 radical (unpaired) electrons. The molecule has 1 amide bonds. The first-order chi connectivity index (χ1) is 14.1. The number of carbonyl (C=O) groups excluding carboxylic acids is 1. The Morgan fingerprint density at radius 2 is 1.87 bits per heavy atom. The summed E-state index contributed by atoms with van der Waals surface area (Å²) in [6, 6.07) is 10.3. The van der Waals surface area contributed by atoms with Gasteiger partial charge in [0.1, 0.15) is 0 Å². The van der Waals surface area contributed by atoms with E-state index in [1.807, 2.05) is 0 Å². The van der Waals surface area contributed by atoms with Crippen molar-refractivity contribution in [1.29, 1.82) is 0 Å². The van der Waals surface area contributed by atoms with Crippen LogP contribution in [0.15, 0.2) is 52.7 Å². The quantitative estimate of drug-likeness (QED) is 0.525. The van der Waals surface area contributed by atoms with E-state index in [4.69, 9.17) is 0 Å². The van der Waals surface area contributed by atoms with Crippen molar-refractivity contribution in [3.05, 3.63) is 59.5 Å². The van der Waals surface area contributed by atoms with Gasteiger partial charge in [-0.1, -0.05) is 12.1 Å². The summed E-state index contributed by atoms with van der Waals surface area (Å²) < 4.78 is 50.5. The van der Waals surface area contributed by atoms with Gasteiger partial charge in [0, 0.05) is 22.9 Å². The van der Waals surface area contributed by atoms with Gasteiger partial charge in [-0.05, 0) is 30.3 Å². The first-order valence-electron chi connectivity index (χ1n) is 8.51. The van der Waals surface area contributed by atoms with Crippen molar-refractivity contribution in [2.24, 2.45) is 0 Å². The average Bonchev–Trinajstić information content (AvgIpc) is 3.16. The maximum Gasteiger partial charge on any atom is 0.236 e. The number of hydrogen-bond acceptors (Lipinski definition) is 6. The second-order valence-corrected chi connectivity index (χ2v) is 10.1. The van der Waals surface area contributed by atoms with Gasteiger partial charge in [0.05, 0.1) is 23.4 Å². The van der Waals surface area contributed by atoms with Crippen LogP contribution in [0.5, 0.6) is 0 Å². The van der Waals surface area contributed by atoms with E-state index >= 15 is 0 Å². The number of rotatable bonds is 7. The van der Waals surface area contributed by atoms with E-state index in [9.17, 15) is 22.0 Å². The fourth-order valence-corrected chi connectivity index (χ4v) is 4.33. The average molecular weight is 470 g/mol. The van der Waals surface area contributed by atoms with Gasteiger partial charge < -0.3 is 5.32 Å². The van der Waals surface area contributed by atoms with Crippen molar-refractivity contribution >= 4 is 49.8 Å². The zero-order valence-electron chi connectivity index (χ0n) is 15.9. The Kier molecular flexibility index (Phi) is 6.74. The van der Waals surface area contributed by atoms with Gasteiger partial charge in [0.25, 0.3) is 0 Å². The third kappa shape index (κ3) is 5.55. The minimum atomic E-state index is -3.34. The number of nitrogens with zero attached hydrogens (tertiary/aromatic N) is 2. The molecule has 0 aliphatic carbocycles. The van der Waals surface area contributed by atoms with Crippen molar-refractivity contribution < 1.29 is 22.0 Å². The van der Waals surface area contributed by atoms with E-state index in [0.717, 1.165) is 35.7 Å². The highest BCUT2D eigenvalue weighted by atomic mass is 32.2. The molecule has 1 N–H and O–H groups in total. The minimum absolute atomic E-state index is 0.0203. The molecule has 1 aromatic heterocycles. The summed E-state index contributed by atoms with van der Waals surface area (Å²) in [7, 11) is -1.87. The molecule has 11 heteroatoms. The third-order valence-electron chi connectivity index (χ3n) is 4.04. The predicted octanol–water partition coefficient (Wildman–Crippen LogP) is 4.21. The Bertz CT molecular complexity index is 1170. The third-order valence-corrected chi connectivity index (χ3v) is 6.99. The molecule has 3 rings (SSSR count). The molecule has 0 aliphatic rings. The van der Waals surface area contributed by atoms with Crippen molar-refractivity contribution in [3.63, 3.8) is 0 Å². The SMILES string of the molecule is CN(c1ccc(-c2csc(NC(=O)CSc3ccc(F)c(F)c3)n2)cc1)S(C)(=O)=O. The molecule has 0 unspecified atom stereocenters. The molecule has 0 spiro atoms. The number of amides is 1. The highest BCUT2D eigenvalue weighted by molar-refractivity contribution is 8.00. The largest absolute Gasteiger partial charge is 0.301 e. The molecule has 0 saturated carbocycles. The molecule has 3 aromatic rings. The molecule has 6 nitrogen and oxygen atoms in total. The van der Waals surface area contributed by atoms with Crippen molar-refractivity contribution in [1.82, 2.24) is 4.98 Å². The molecule has 1 heterocycles. The van der Waals surface area contributed by atoms with Crippen LogP contribution < -0.4 is 9.62 Å². The lowest BCUT2D eigenvalue weighted by Gasteiger charge is -2.16. The lowest BCUT2D eigenvalue weighted by molar-refractivity contribution is -0.113. The summed E-state index contributed by atoms with van der Waals surface area (Å²) in [6.45, 7) is 0. The summed E-state index contributed by atoms with van der Waals surface area (Å²) in [6.07, 6.45) is 1.13. The van der Waals surface area contributed by atoms with Crippen LogP contribution in [0.3, 0.4) is 0 Å². The number of nitrogens with one attached hydrogen (secondary N) is 1. The topological polar surface area (TPSA) is 79.4 Å². The zero-order chi connectivity index (χ0) is 21.9. The standard InChI is InChI=1S/C19H17F2N3O3S3/c1-24(30(2,26)27)13-5-3-12(4-6-13)17-10-29-19(22-17)23-18(25)11-28-14-7-8-15(20)16(21)9-14/h3-10H,11H2,1-2H3,(H,22,23,25). The second-order valence-electron chi connectivity index (χ2n) is 6.23. The molecular formula is C19H17F2N3O3S3. The van der Waals surface area contributed by atoms with Crippen LogP contribution in [0.1, 0.15) is 0 Å². The fraction of sp³-hybridized carbons (Fsp3) is 0.158. The Morgan fingerprint density at radius 1 is 1.17 bits per heavy atom. The smallest absolute Gasteiger partial charge is 0.236 e. The molecule has 0 atom stereocenters. The molecule has 158 valence electrons. The van der Waals surface area contributed by atoms with Crippen LogP contribution in [0.25, 0.3) is 11.3 Å². The summed E-state index contributed by atoms with van der Waals surface area (Å²) in [5.74, 6) is -2.20. The number of hydrogen-bond donors (Lipinski definition) is 1. The molecule has 0 fully saturated rings. The number of aromatic nitrogens is 1. The van der Waals surface area contributed by atoms with Gasteiger partial charge in [0.15, 0.2) is 16.8 Å². The van der Waals surface area contributed by atoms with Gasteiger partial charge in [-0.25, -0.2) is 22.2 Å². The van der Waals surface area contributed by atoms with Gasteiger partial charge in [0.2, 0.25) is 15.9 Å². The van der Waals surface area contributed by atoms with Crippen LogP contribution in [0.2, 0.25) is 0 Å². The number of anilines is 2. The van der Waals surface area contributed by atoms with E-state index in [0.29, 0.717) is 21.4 Å². The Labute approximate surface area is 181 Å². The van der Waals surface area contributed by atoms with Crippen molar-refractivity contribution in [3.8, 4) is 11.3 Å². The normalized spacial score (nSPS) is 11.3. The highest BCUT2D eigenvalue weighted by Crippen LogP contribution is 2.27. The van der Waals surface area contributed by atoms with Crippen molar-refractivity contribution in [2.75, 3.05) is 28.7 Å². The Morgan fingerprint density at radius 3 is 2.50 bits per heavy atom. The second kappa shape index (κ2) is 9.11. The highest BCUT2D eigenvalue weighted by Gasteiger charge is 2.13. The summed E-state index contributed by atoms with van der Waals surface area (Å²) >= 11 is 2.33. The lowest BCUT2D eigenvalue weighted by atomic mass is 10.1. The first kappa shape index (κ1) is 22.2. The van der Waals surface area contributed by atoms with Crippen molar-refractivity contribution in [2.45, 2.75) is 4.90 Å². The maximum atomic E-state index is 13.2. The van der Waals surface area contributed by atoms with Crippen LogP contribution in [-0.4, -0.2) is 38.4 Å². The van der Waals surface area contributed by atoms with E-state index in [1.165, 1.54) is 28.8 Å². The van der Waals surface area contributed by atoms with Crippen LogP contribution in [0.4, 0.5) is 19.6 Å². The van der Waals surface area contributed by atoms with Gasteiger partial charge in [-0.15, -0.1) is 23.1 Å². The van der Waals surface area contributed by atoms with Gasteiger partial charge in [-0.2, -0.15) is 0 Å². The van der Waals surface area contributed by atoms with Crippen LogP contribution in [-0.2, 0) is 14.8 Å². The van der Waals surface area contributed by atoms with E-state index < -0.39 is 21.7 Å². The summed E-state index contributed by atoms with van der Waals surface area (Å²) in [4.78, 5) is 16.9. The summed E-state index contributed by atoms with van der Waals surface area (Å²) in [5, 5.41) is 4.84. The zero-order valence-corrected chi connectivity index (χ0v) is 18.4. The number of thioether (sulfide) groups is 1. The van der Waals surface area contributed by atoms with E-state index in [-0.39, 0.29) is 11.7 Å². The monoisotopic (exact) mass is 469 g/mol. The van der Waals surface area contributed by atoms with Gasteiger partial charge >= 0.3 is 0 Å². The minimum Gasteiger partial charge on any atom is -0.301 e. The molecule has 2 aromatic carbocycles. The number of thiazole rings is 1. The summed E-state index contributed by atoms with van der Waals surface area (Å²) in [5.41, 5.74) is 1.94. The van der Waals surface area contributed by atoms with Gasteiger partial charge in [-0.3, -0.25) is 9.10 Å². The fourth-order valence-electron chi connectivity index (χ4n) is 2.37. The molecule has 0 saturated heterocycles. The Balaban J connectivity index is 1.60. The van der Waals surface area contributed by atoms with Crippen LogP contribution in [0, 0.1) is 11.6 Å². The number of sulfonamides is 1. The number of carbonyl (C=O) groups is 1.